The van der Waals surface area contributed by atoms with Gasteiger partial charge < -0.3 is 0 Å². The van der Waals surface area contributed by atoms with Gasteiger partial charge in [0.1, 0.15) is 0 Å². The van der Waals surface area contributed by atoms with E-state index in [-0.39, 0.29) is 0 Å². The van der Waals surface area contributed by atoms with Crippen LogP contribution in [-0.2, 0) is 0 Å². The van der Waals surface area contributed by atoms with Gasteiger partial charge in [-0.25, -0.2) is 0 Å². The van der Waals surface area contributed by atoms with Crippen molar-refractivity contribution < 1.29 is 0 Å². The molecule has 54 valence electrons. The lowest BCUT2D eigenvalue weighted by Gasteiger charge is -2.33. The minimum atomic E-state index is -0.737. The van der Waals surface area contributed by atoms with Crippen molar-refractivity contribution in [2.75, 3.05) is 0 Å². The minimum Gasteiger partial charge on any atom is 0 e. The average Bonchev–Trinajstić information content (AvgIpc) is 2.21. The van der Waals surface area contributed by atoms with Gasteiger partial charge in [-0.05, 0) is 0 Å². The molecule has 0 bridgehead atoms. The lowest BCUT2D eigenvalue weighted by atomic mass is 8.48. The van der Waals surface area contributed by atoms with Crippen LogP contribution in [0.2, 0.25) is 0 Å². The van der Waals surface area contributed by atoms with Gasteiger partial charge in [0.05, 0.1) is 0 Å². The molecule has 0 nitrogen and oxygen atoms in total. The van der Waals surface area contributed by atoms with Crippen LogP contribution in [0.15, 0.2) is 0 Å². The van der Waals surface area contributed by atoms with E-state index >= 15 is 0 Å². The van der Waals surface area contributed by atoms with Crippen molar-refractivity contribution in [1.82, 2.24) is 0 Å². The Balaban J connectivity index is 4.89. The summed E-state index contributed by atoms with van der Waals surface area (Å²) in [5.41, 5.74) is 0. The number of hydrogen-bond donors (Lipinski definition) is 0. The fourth-order valence-corrected chi connectivity index (χ4v) is 1.80. The zero-order valence-corrected chi connectivity index (χ0v) is 10.4. The van der Waals surface area contributed by atoms with Crippen LogP contribution in [0.25, 0.3) is 0 Å². The van der Waals surface area contributed by atoms with E-state index in [4.69, 9.17) is 69.6 Å². The van der Waals surface area contributed by atoms with Crippen molar-refractivity contribution in [1.29, 1.82) is 0 Å². The van der Waals surface area contributed by atoms with Crippen LogP contribution in [0.3, 0.4) is 0 Å². The van der Waals surface area contributed by atoms with Gasteiger partial charge >= 0.3 is 0 Å². The highest BCUT2D eigenvalue weighted by Gasteiger charge is 2.34. The molecule has 0 unspecified atom stereocenters. The van der Waals surface area contributed by atoms with Gasteiger partial charge in [-0.2, -0.15) is 0 Å². The predicted molar refractivity (Wildman–Crippen MR) is 104 cm³/mol. The zero-order valence-electron chi connectivity index (χ0n) is 10.4. The summed E-state index contributed by atoms with van der Waals surface area (Å²) in [4.78, 5) is 0. The molecule has 0 fully saturated rings. The van der Waals surface area contributed by atoms with E-state index in [1.165, 1.54) is 7.06 Å². The van der Waals surface area contributed by atoms with Gasteiger partial charge in [0, 0.05) is 128 Å². The molecule has 0 heterocycles. The van der Waals surface area contributed by atoms with Crippen molar-refractivity contribution in [2.24, 2.45) is 0 Å². The Kier molecular flexibility index (Phi) is 9.76. The third kappa shape index (κ3) is 6.08. The standard InChI is InChI=1S/B18/c1-10-16(12(2)3)18(15(8)9)11-17(13(4)5)14(6)7. The molecule has 0 saturated heterocycles. The Hall–Kier alpha value is 1.17. The molecule has 18 heavy (non-hydrogen) atoms. The molecule has 0 aromatic heterocycles. The topological polar surface area (TPSA) is 0 Å². The lowest BCUT2D eigenvalue weighted by molar-refractivity contribution is 3.42. The molecule has 0 spiro atoms. The zero-order chi connectivity index (χ0) is 14.5. The van der Waals surface area contributed by atoms with Gasteiger partial charge in [-0.1, -0.05) is 0 Å². The fourth-order valence-electron chi connectivity index (χ4n) is 1.80. The van der Waals surface area contributed by atoms with E-state index in [2.05, 4.69) is 0 Å². The molecule has 0 rings (SSSR count). The maximum absolute atomic E-state index is 5.70. The summed E-state index contributed by atoms with van der Waals surface area (Å²) in [6.45, 7) is 0. The van der Waals surface area contributed by atoms with Gasteiger partial charge in [0.15, 0.2) is 0 Å². The summed E-state index contributed by atoms with van der Waals surface area (Å²) in [5, 5.41) is 0. The first kappa shape index (κ1) is 19.2. The van der Waals surface area contributed by atoms with Crippen molar-refractivity contribution in [3.8, 4) is 0 Å². The van der Waals surface area contributed by atoms with E-state index in [1.807, 2.05) is 0 Å². The highest BCUT2D eigenvalue weighted by atomic mass is 13.2. The highest BCUT2D eigenvalue weighted by molar-refractivity contribution is 8.10. The van der Waals surface area contributed by atoms with Crippen LogP contribution in [0.5, 0.6) is 0 Å². The van der Waals surface area contributed by atoms with Crippen LogP contribution < -0.4 is 0 Å². The highest BCUT2D eigenvalue weighted by Crippen LogP contribution is 1.96. The molecule has 0 atom stereocenters. The normalized spacial score (nSPS) is 8.89. The van der Waals surface area contributed by atoms with Gasteiger partial charge in [-0.15, -0.1) is 0 Å². The Morgan fingerprint density at radius 3 is 1.06 bits per heavy atom. The Morgan fingerprint density at radius 2 is 0.833 bits per heavy atom. The summed E-state index contributed by atoms with van der Waals surface area (Å²) in [6, 6.07) is 0. The van der Waals surface area contributed by atoms with Crippen LogP contribution >= 0.6 is 0 Å². The Morgan fingerprint density at radius 1 is 0.500 bits per heavy atom. The predicted octanol–water partition coefficient (Wildman–Crippen LogP) is -6.85. The first-order valence-corrected chi connectivity index (χ1v) is 5.67. The molecule has 18 heteroatoms. The quantitative estimate of drug-likeness (QED) is 0.337. The largest absolute Gasteiger partial charge is 0 e. The molecule has 0 aliphatic rings. The summed E-state index contributed by atoms with van der Waals surface area (Å²) in [7, 11) is 53.6. The maximum Gasteiger partial charge on any atom is 0 e. The summed E-state index contributed by atoms with van der Waals surface area (Å²) in [6.07, 6.45) is -4.25. The third-order valence-corrected chi connectivity index (χ3v) is 2.89. The van der Waals surface area contributed by atoms with Gasteiger partial charge in [0.2, 0.25) is 0 Å². The Bertz CT molecular complexity index is 192. The maximum atomic E-state index is 5.70. The number of hydrogen-bond acceptors (Lipinski definition) is 0. The molecule has 0 saturated carbocycles. The average molecular weight is 195 g/mol. The van der Waals surface area contributed by atoms with Crippen LogP contribution in [0.1, 0.15) is 0 Å². The molecule has 0 amide bonds. The molecule has 0 N–H and O–H groups in total. The van der Waals surface area contributed by atoms with Crippen molar-refractivity contribution in [3.63, 3.8) is 0 Å². The van der Waals surface area contributed by atoms with E-state index in [9.17, 15) is 0 Å². The summed E-state index contributed by atoms with van der Waals surface area (Å²) >= 11 is 0. The monoisotopic (exact) mass is 198 g/mol. The first-order valence-electron chi connectivity index (χ1n) is 5.67. The molecule has 0 aromatic carbocycles. The van der Waals surface area contributed by atoms with Crippen LogP contribution in [0, 0.1) is 0 Å². The fraction of sp³-hybridized carbons (Fsp3) is 0. The molecule has 20 radical (unpaired) electrons. The second kappa shape index (κ2) is 9.17. The minimum absolute atomic E-state index is 0.426. The van der Waals surface area contributed by atoms with Gasteiger partial charge in [-0.3, -0.25) is 0 Å². The molecule has 0 aliphatic heterocycles. The Labute approximate surface area is 128 Å². The van der Waals surface area contributed by atoms with Crippen LogP contribution in [-0.4, -0.2) is 128 Å². The SMILES string of the molecule is [B][B]B(B([B])[B])B([B]B(B([B])[B])B([B])[B])B([B])[B]. The molecule has 0 aliphatic carbocycles. The van der Waals surface area contributed by atoms with E-state index in [0.717, 1.165) is 0 Å². The second-order valence-electron chi connectivity index (χ2n) is 4.43. The molecular weight excluding hydrogens is 195 g/mol. The van der Waals surface area contributed by atoms with E-state index in [0.29, 0.717) is 0 Å². The second-order valence-corrected chi connectivity index (χ2v) is 4.43. The van der Waals surface area contributed by atoms with Crippen molar-refractivity contribution in [2.45, 2.75) is 0 Å². The third-order valence-electron chi connectivity index (χ3n) is 2.89. The first-order chi connectivity index (χ1) is 8.22. The lowest BCUT2D eigenvalue weighted by Crippen LogP contribution is -2.71. The molecule has 0 aromatic rings. The molecular formula is B18. The van der Waals surface area contributed by atoms with E-state index in [1.54, 1.807) is 7.06 Å². The summed E-state index contributed by atoms with van der Waals surface area (Å²) in [5.74, 6) is 0. The van der Waals surface area contributed by atoms with Crippen molar-refractivity contribution in [3.05, 3.63) is 0 Å². The van der Waals surface area contributed by atoms with E-state index < -0.39 is 44.7 Å². The van der Waals surface area contributed by atoms with Crippen molar-refractivity contribution >= 4 is 128 Å². The van der Waals surface area contributed by atoms with Crippen LogP contribution in [0.4, 0.5) is 0 Å². The smallest absolute Gasteiger partial charge is 0 e. The number of rotatable bonds is 8. The van der Waals surface area contributed by atoms with Gasteiger partial charge in [0.25, 0.3) is 0 Å². The summed E-state index contributed by atoms with van der Waals surface area (Å²) < 4.78 is 0.